The Morgan fingerprint density at radius 2 is 1.50 bits per heavy atom. The molecule has 0 spiro atoms. The molecule has 0 aliphatic rings. The molecule has 0 atom stereocenters. The van der Waals surface area contributed by atoms with Gasteiger partial charge in [-0.05, 0) is 0 Å². The molecule has 0 fully saturated rings. The van der Waals surface area contributed by atoms with E-state index in [1.165, 1.54) is 0 Å². The fourth-order valence-electron chi connectivity index (χ4n) is 1.31. The van der Waals surface area contributed by atoms with Crippen LogP contribution in [0, 0.1) is 13.7 Å². The normalized spacial score (nSPS) is 14.4. The number of nitro benzene ring substituents is 1. The Labute approximate surface area is 171 Å². The van der Waals surface area contributed by atoms with E-state index in [0.29, 0.717) is 0 Å². The number of benzene rings is 1. The van der Waals surface area contributed by atoms with Gasteiger partial charge in [-0.15, -0.1) is 0 Å². The number of rotatable bonds is 8. The average molecular weight is 603 g/mol. The molecule has 19 heteroatoms. The van der Waals surface area contributed by atoms with E-state index in [4.69, 9.17) is 5.11 Å². The Kier molecular flexibility index (Phi) is 8.07. The summed E-state index contributed by atoms with van der Waals surface area (Å²) in [7, 11) is -12.7. The Morgan fingerprint density at radius 1 is 1.03 bits per heavy atom. The first-order valence-electron chi connectivity index (χ1n) is 6.68. The molecule has 0 aliphatic carbocycles. The van der Waals surface area contributed by atoms with Crippen LogP contribution in [0.5, 0.6) is 0 Å². The second kappa shape index (κ2) is 9.20. The van der Waals surface area contributed by atoms with Crippen LogP contribution in [0.25, 0.3) is 0 Å². The third-order valence-corrected chi connectivity index (χ3v) is 10.2. The van der Waals surface area contributed by atoms with E-state index in [2.05, 4.69) is 6.70 Å². The molecule has 0 saturated carbocycles. The number of aliphatic hydroxyl groups is 1. The van der Waals surface area contributed by atoms with E-state index in [1.54, 1.807) is 0 Å². The van der Waals surface area contributed by atoms with E-state index >= 15 is 0 Å². The molecule has 0 aliphatic heterocycles. The van der Waals surface area contributed by atoms with Crippen molar-refractivity contribution in [2.24, 2.45) is 0 Å². The summed E-state index contributed by atoms with van der Waals surface area (Å²) < 4.78 is 127. The zero-order valence-electron chi connectivity index (χ0n) is 13.7. The van der Waals surface area contributed by atoms with Gasteiger partial charge < -0.3 is 0 Å². The molecule has 0 bridgehead atoms. The molecule has 0 aromatic heterocycles. The van der Waals surface area contributed by atoms with Crippen LogP contribution >= 0.6 is 20.2 Å². The minimum absolute atomic E-state index is 0.164. The van der Waals surface area contributed by atoms with Crippen LogP contribution < -0.4 is 0 Å². The molecule has 0 saturated heterocycles. The number of halogens is 7. The van der Waals surface area contributed by atoms with E-state index in [9.17, 15) is 53.3 Å². The first kappa shape index (κ1) is 26.3. The number of hydrogen-bond acceptors (Lipinski definition) is 9. The SMILES string of the molecule is O=[N+]([O-])c1ccc(I(/C=C(\CO)OS(=O)(=O)C(F)(F)F)OS(=O)(=O)C(F)(F)F)cc1. The van der Waals surface area contributed by atoms with Gasteiger partial charge in [-0.2, -0.15) is 0 Å². The number of hydrogen-bond donors (Lipinski definition) is 1. The second-order valence-corrected chi connectivity index (χ2v) is 12.2. The van der Waals surface area contributed by atoms with Gasteiger partial charge in [-0.3, -0.25) is 0 Å². The van der Waals surface area contributed by atoms with Crippen LogP contribution in [0.2, 0.25) is 0 Å². The molecule has 0 radical (unpaired) electrons. The van der Waals surface area contributed by atoms with Gasteiger partial charge in [0.15, 0.2) is 0 Å². The first-order valence-corrected chi connectivity index (χ1v) is 12.7. The van der Waals surface area contributed by atoms with Crippen LogP contribution in [0.1, 0.15) is 0 Å². The van der Waals surface area contributed by atoms with Gasteiger partial charge >= 0.3 is 171 Å². The maximum absolute atomic E-state index is 12.6. The molecular weight excluding hydrogens is 595 g/mol. The standard InChI is InChI=1S/C11H8F6INO9S2/c12-10(13,14)29(23,24)27-9(6-20)5-18(28-30(25,26)11(15,16)17)7-1-3-8(4-2-7)19(21)22/h1-5,20H,6H2/b9-5+. The zero-order chi connectivity index (χ0) is 23.5. The van der Waals surface area contributed by atoms with Crippen LogP contribution in [-0.2, 0) is 26.9 Å². The average Bonchev–Trinajstić information content (AvgIpc) is 2.58. The van der Waals surface area contributed by atoms with Crippen molar-refractivity contribution in [3.8, 4) is 0 Å². The third-order valence-electron chi connectivity index (χ3n) is 2.56. The topological polar surface area (TPSA) is 150 Å². The van der Waals surface area contributed by atoms with E-state index in [0.717, 1.165) is 24.3 Å². The predicted octanol–water partition coefficient (Wildman–Crippen LogP) is 2.75. The molecule has 1 aromatic carbocycles. The van der Waals surface area contributed by atoms with Crippen molar-refractivity contribution in [2.75, 3.05) is 6.61 Å². The minimum atomic E-state index is -6.35. The van der Waals surface area contributed by atoms with Gasteiger partial charge in [0.25, 0.3) is 0 Å². The van der Waals surface area contributed by atoms with Crippen molar-refractivity contribution in [1.29, 1.82) is 0 Å². The summed E-state index contributed by atoms with van der Waals surface area (Å²) in [4.78, 5) is 9.71. The summed E-state index contributed by atoms with van der Waals surface area (Å²) in [6.45, 7) is -1.59. The molecule has 0 unspecified atom stereocenters. The summed E-state index contributed by atoms with van der Waals surface area (Å²) in [6, 6.07) is 2.95. The number of aliphatic hydroxyl groups excluding tert-OH is 1. The second-order valence-electron chi connectivity index (χ2n) is 4.69. The quantitative estimate of drug-likeness (QED) is 0.0901. The summed E-state index contributed by atoms with van der Waals surface area (Å²) >= 11 is -4.42. The number of non-ortho nitro benzene ring substituents is 1. The van der Waals surface area contributed by atoms with Crippen molar-refractivity contribution >= 4 is 46.2 Å². The van der Waals surface area contributed by atoms with Crippen LogP contribution in [0.3, 0.4) is 0 Å². The van der Waals surface area contributed by atoms with Gasteiger partial charge in [-0.1, -0.05) is 0 Å². The maximum atomic E-state index is 12.6. The zero-order valence-corrected chi connectivity index (χ0v) is 17.5. The van der Waals surface area contributed by atoms with Gasteiger partial charge in [0.2, 0.25) is 0 Å². The molecule has 10 nitrogen and oxygen atoms in total. The van der Waals surface area contributed by atoms with Gasteiger partial charge in [0, 0.05) is 0 Å². The number of nitro groups is 1. The van der Waals surface area contributed by atoms with Crippen molar-refractivity contribution < 1.29 is 59.9 Å². The molecule has 1 N–H and O–H groups in total. The number of nitrogens with zero attached hydrogens (tertiary/aromatic N) is 1. The Balaban J connectivity index is 3.48. The molecule has 0 amide bonds. The Morgan fingerprint density at radius 3 is 1.87 bits per heavy atom. The molecule has 1 rings (SSSR count). The van der Waals surface area contributed by atoms with E-state index in [-0.39, 0.29) is 4.08 Å². The van der Waals surface area contributed by atoms with Crippen LogP contribution in [0.15, 0.2) is 34.1 Å². The molecule has 172 valence electrons. The van der Waals surface area contributed by atoms with E-state index < -0.39 is 78.0 Å². The van der Waals surface area contributed by atoms with Gasteiger partial charge in [0.05, 0.1) is 0 Å². The van der Waals surface area contributed by atoms with Crippen molar-refractivity contribution in [2.45, 2.75) is 11.0 Å². The van der Waals surface area contributed by atoms with Gasteiger partial charge in [0.1, 0.15) is 0 Å². The van der Waals surface area contributed by atoms with E-state index in [1.807, 2.05) is 0 Å². The number of alkyl halides is 6. The summed E-state index contributed by atoms with van der Waals surface area (Å²) in [5, 5.41) is 19.6. The van der Waals surface area contributed by atoms with Crippen LogP contribution in [-0.4, -0.2) is 44.5 Å². The first-order chi connectivity index (χ1) is 13.4. The van der Waals surface area contributed by atoms with Crippen molar-refractivity contribution in [3.05, 3.63) is 47.8 Å². The Bertz CT molecular complexity index is 1020. The summed E-state index contributed by atoms with van der Waals surface area (Å²) in [6.07, 6.45) is 0. The summed E-state index contributed by atoms with van der Waals surface area (Å²) in [5.74, 6) is -1.46. The van der Waals surface area contributed by atoms with Crippen LogP contribution in [0.4, 0.5) is 32.0 Å². The van der Waals surface area contributed by atoms with Crippen molar-refractivity contribution in [1.82, 2.24) is 0 Å². The fourth-order valence-corrected chi connectivity index (χ4v) is 7.78. The molecule has 0 heterocycles. The fraction of sp³-hybridized carbons (Fsp3) is 0.273. The molecule has 30 heavy (non-hydrogen) atoms. The van der Waals surface area contributed by atoms with Gasteiger partial charge in [-0.25, -0.2) is 0 Å². The monoisotopic (exact) mass is 603 g/mol. The third kappa shape index (κ3) is 6.65. The molecule has 1 aromatic rings. The molecular formula is C11H8F6INO9S2. The Hall–Kier alpha value is -1.71. The predicted molar refractivity (Wildman–Crippen MR) is 93.1 cm³/mol. The van der Waals surface area contributed by atoms with Crippen molar-refractivity contribution in [3.63, 3.8) is 0 Å². The summed E-state index contributed by atoms with van der Waals surface area (Å²) in [5.41, 5.74) is -12.5.